The Morgan fingerprint density at radius 1 is 1.19 bits per heavy atom. The molecule has 0 bridgehead atoms. The number of nitrogens with zero attached hydrogens (tertiary/aromatic N) is 2. The molecule has 1 aromatic heterocycles. The Morgan fingerprint density at radius 3 is 2.77 bits per heavy atom. The molecular formula is C22H16BrN3O5. The minimum Gasteiger partial charge on any atom is -0.487 e. The van der Waals surface area contributed by atoms with E-state index in [1.165, 1.54) is 18.2 Å². The van der Waals surface area contributed by atoms with Gasteiger partial charge < -0.3 is 14.5 Å². The second-order valence-electron chi connectivity index (χ2n) is 6.54. The van der Waals surface area contributed by atoms with Crippen molar-refractivity contribution in [2.45, 2.75) is 6.92 Å². The molecule has 0 fully saturated rings. The van der Waals surface area contributed by atoms with Crippen LogP contribution in [0.1, 0.15) is 17.3 Å². The molecule has 3 aromatic carbocycles. The maximum atomic E-state index is 12.6. The van der Waals surface area contributed by atoms with E-state index in [1.54, 1.807) is 25.1 Å². The van der Waals surface area contributed by atoms with Crippen LogP contribution in [0.5, 0.6) is 5.75 Å². The third-order valence-corrected chi connectivity index (χ3v) is 4.93. The molecule has 0 saturated heterocycles. The number of fused-ring (bicyclic) bond motifs is 1. The van der Waals surface area contributed by atoms with Crippen molar-refractivity contribution >= 4 is 44.3 Å². The van der Waals surface area contributed by atoms with Gasteiger partial charge in [0.1, 0.15) is 5.52 Å². The van der Waals surface area contributed by atoms with Crippen LogP contribution in [0.25, 0.3) is 22.6 Å². The van der Waals surface area contributed by atoms with Crippen molar-refractivity contribution < 1.29 is 18.9 Å². The summed E-state index contributed by atoms with van der Waals surface area (Å²) in [5.41, 5.74) is 2.33. The third-order valence-electron chi connectivity index (χ3n) is 4.43. The van der Waals surface area contributed by atoms with E-state index in [9.17, 15) is 14.9 Å². The smallest absolute Gasteiger partial charge is 0.311 e. The standard InChI is InChI=1S/C22H16BrN3O5/c1-2-30-20-8-6-13(11-18(20)26(28)29)21(27)24-16-7-9-19-17(12-16)25-22(31-19)14-4-3-5-15(23)10-14/h3-12H,2H2,1H3,(H,24,27). The van der Waals surface area contributed by atoms with Gasteiger partial charge in [-0.25, -0.2) is 4.98 Å². The van der Waals surface area contributed by atoms with Crippen LogP contribution in [0, 0.1) is 10.1 Å². The number of benzene rings is 3. The SMILES string of the molecule is CCOc1ccc(C(=O)Nc2ccc3oc(-c4cccc(Br)c4)nc3c2)cc1[N+](=O)[O-]. The molecule has 0 aliphatic carbocycles. The van der Waals surface area contributed by atoms with Crippen molar-refractivity contribution in [2.75, 3.05) is 11.9 Å². The average Bonchev–Trinajstić information content (AvgIpc) is 3.17. The zero-order chi connectivity index (χ0) is 22.0. The minimum absolute atomic E-state index is 0.119. The number of carbonyl (C=O) groups excluding carboxylic acids is 1. The Hall–Kier alpha value is -3.72. The normalized spacial score (nSPS) is 10.8. The lowest BCUT2D eigenvalue weighted by Crippen LogP contribution is -2.12. The van der Waals surface area contributed by atoms with Gasteiger partial charge in [-0.1, -0.05) is 22.0 Å². The van der Waals surface area contributed by atoms with Gasteiger partial charge in [0.2, 0.25) is 5.89 Å². The molecule has 0 radical (unpaired) electrons. The van der Waals surface area contributed by atoms with Gasteiger partial charge in [-0.3, -0.25) is 14.9 Å². The second kappa shape index (κ2) is 8.57. The highest BCUT2D eigenvalue weighted by Crippen LogP contribution is 2.30. The summed E-state index contributed by atoms with van der Waals surface area (Å²) in [6.45, 7) is 2.01. The molecule has 4 aromatic rings. The van der Waals surface area contributed by atoms with Crippen molar-refractivity contribution in [1.29, 1.82) is 0 Å². The van der Waals surface area contributed by atoms with Gasteiger partial charge in [0.25, 0.3) is 5.91 Å². The summed E-state index contributed by atoms with van der Waals surface area (Å²) >= 11 is 3.42. The number of nitro groups is 1. The van der Waals surface area contributed by atoms with Crippen LogP contribution in [-0.2, 0) is 0 Å². The summed E-state index contributed by atoms with van der Waals surface area (Å²) in [4.78, 5) is 27.8. The van der Waals surface area contributed by atoms with E-state index in [-0.39, 0.29) is 23.6 Å². The fourth-order valence-electron chi connectivity index (χ4n) is 3.03. The molecule has 1 amide bonds. The van der Waals surface area contributed by atoms with E-state index in [1.807, 2.05) is 24.3 Å². The molecule has 0 unspecified atom stereocenters. The number of hydrogen-bond donors (Lipinski definition) is 1. The minimum atomic E-state index is -0.577. The van der Waals surface area contributed by atoms with Crippen molar-refractivity contribution in [3.05, 3.63) is 80.8 Å². The van der Waals surface area contributed by atoms with Gasteiger partial charge >= 0.3 is 5.69 Å². The molecule has 9 heteroatoms. The van der Waals surface area contributed by atoms with Crippen molar-refractivity contribution in [1.82, 2.24) is 4.98 Å². The summed E-state index contributed by atoms with van der Waals surface area (Å²) in [7, 11) is 0. The topological polar surface area (TPSA) is 108 Å². The number of oxazole rings is 1. The zero-order valence-electron chi connectivity index (χ0n) is 16.3. The van der Waals surface area contributed by atoms with Crippen LogP contribution in [0.2, 0.25) is 0 Å². The predicted octanol–water partition coefficient (Wildman–Crippen LogP) is 5.82. The van der Waals surface area contributed by atoms with Crippen molar-refractivity contribution in [3.63, 3.8) is 0 Å². The van der Waals surface area contributed by atoms with Gasteiger partial charge in [0.15, 0.2) is 11.3 Å². The Kier molecular flexibility index (Phi) is 5.68. The number of rotatable bonds is 6. The van der Waals surface area contributed by atoms with E-state index in [2.05, 4.69) is 26.2 Å². The third kappa shape index (κ3) is 4.41. The van der Waals surface area contributed by atoms with E-state index >= 15 is 0 Å². The molecule has 1 heterocycles. The van der Waals surface area contributed by atoms with E-state index in [4.69, 9.17) is 9.15 Å². The van der Waals surface area contributed by atoms with Crippen LogP contribution in [0.3, 0.4) is 0 Å². The predicted molar refractivity (Wildman–Crippen MR) is 119 cm³/mol. The van der Waals surface area contributed by atoms with Crippen LogP contribution < -0.4 is 10.1 Å². The van der Waals surface area contributed by atoms with Crippen LogP contribution in [-0.4, -0.2) is 22.4 Å². The highest BCUT2D eigenvalue weighted by atomic mass is 79.9. The molecule has 0 spiro atoms. The summed E-state index contributed by atoms with van der Waals surface area (Å²) in [6.07, 6.45) is 0. The number of nitrogens with one attached hydrogen (secondary N) is 1. The lowest BCUT2D eigenvalue weighted by atomic mass is 10.1. The maximum absolute atomic E-state index is 12.6. The van der Waals surface area contributed by atoms with Crippen LogP contribution in [0.15, 0.2) is 69.6 Å². The first-order valence-electron chi connectivity index (χ1n) is 9.33. The lowest BCUT2D eigenvalue weighted by Gasteiger charge is -2.07. The Bertz CT molecular complexity index is 1300. The molecule has 156 valence electrons. The Balaban J connectivity index is 1.59. The van der Waals surface area contributed by atoms with Gasteiger partial charge in [-0.2, -0.15) is 0 Å². The van der Waals surface area contributed by atoms with Crippen LogP contribution >= 0.6 is 15.9 Å². The number of amides is 1. The molecule has 0 saturated carbocycles. The largest absolute Gasteiger partial charge is 0.487 e. The monoisotopic (exact) mass is 481 g/mol. The Morgan fingerprint density at radius 2 is 2.03 bits per heavy atom. The summed E-state index contributed by atoms with van der Waals surface area (Å²) < 4.78 is 12.0. The van der Waals surface area contributed by atoms with Crippen LogP contribution in [0.4, 0.5) is 11.4 Å². The van der Waals surface area contributed by atoms with Crippen molar-refractivity contribution in [2.24, 2.45) is 0 Å². The van der Waals surface area contributed by atoms with Gasteiger partial charge in [-0.15, -0.1) is 0 Å². The second-order valence-corrected chi connectivity index (χ2v) is 7.45. The number of halogens is 1. The summed E-state index contributed by atoms with van der Waals surface area (Å²) in [5.74, 6) is 0.0938. The summed E-state index contributed by atoms with van der Waals surface area (Å²) in [6, 6.07) is 16.7. The number of nitro benzene ring substituents is 1. The zero-order valence-corrected chi connectivity index (χ0v) is 17.9. The van der Waals surface area contributed by atoms with E-state index < -0.39 is 10.8 Å². The highest BCUT2D eigenvalue weighted by Gasteiger charge is 2.19. The van der Waals surface area contributed by atoms with Gasteiger partial charge in [-0.05, 0) is 55.5 Å². The number of hydrogen-bond acceptors (Lipinski definition) is 6. The summed E-state index contributed by atoms with van der Waals surface area (Å²) in [5, 5.41) is 14.0. The molecule has 0 atom stereocenters. The van der Waals surface area contributed by atoms with Crippen molar-refractivity contribution in [3.8, 4) is 17.2 Å². The molecule has 4 rings (SSSR count). The number of carbonyl (C=O) groups is 1. The fourth-order valence-corrected chi connectivity index (χ4v) is 3.43. The van der Waals surface area contributed by atoms with Gasteiger partial charge in [0, 0.05) is 27.4 Å². The highest BCUT2D eigenvalue weighted by molar-refractivity contribution is 9.10. The quantitative estimate of drug-likeness (QED) is 0.274. The Labute approximate surface area is 185 Å². The molecule has 0 aliphatic heterocycles. The van der Waals surface area contributed by atoms with Gasteiger partial charge in [0.05, 0.1) is 11.5 Å². The average molecular weight is 482 g/mol. The molecule has 1 N–H and O–H groups in total. The fraction of sp³-hybridized carbons (Fsp3) is 0.0909. The number of aromatic nitrogens is 1. The molecular weight excluding hydrogens is 466 g/mol. The molecule has 0 aliphatic rings. The molecule has 31 heavy (non-hydrogen) atoms. The first kappa shape index (κ1) is 20.5. The van der Waals surface area contributed by atoms with E-state index in [0.717, 1.165) is 10.0 Å². The number of anilines is 1. The lowest BCUT2D eigenvalue weighted by molar-refractivity contribution is -0.385. The number of ether oxygens (including phenoxy) is 1. The first-order chi connectivity index (χ1) is 14.9. The first-order valence-corrected chi connectivity index (χ1v) is 10.1. The maximum Gasteiger partial charge on any atom is 0.311 e. The van der Waals surface area contributed by atoms with E-state index in [0.29, 0.717) is 22.7 Å². The molecule has 8 nitrogen and oxygen atoms in total.